The van der Waals surface area contributed by atoms with E-state index < -0.39 is 0 Å². The van der Waals surface area contributed by atoms with Crippen LogP contribution in [0.4, 0.5) is 5.69 Å². The number of aromatic nitrogens is 1. The Balaban J connectivity index is 2.24. The van der Waals surface area contributed by atoms with Crippen LogP contribution in [-0.4, -0.2) is 47.6 Å². The lowest BCUT2D eigenvalue weighted by Gasteiger charge is -2.30. The highest BCUT2D eigenvalue weighted by atomic mass is 32.1. The fourth-order valence-electron chi connectivity index (χ4n) is 2.49. The molecule has 1 aromatic rings. The van der Waals surface area contributed by atoms with Gasteiger partial charge < -0.3 is 15.5 Å². The van der Waals surface area contributed by atoms with Crippen molar-refractivity contribution in [1.82, 2.24) is 9.88 Å². The zero-order valence-electron chi connectivity index (χ0n) is 11.0. The number of nitrogens with zero attached hydrogens (tertiary/aromatic N) is 3. The molecule has 98 valence electrons. The van der Waals surface area contributed by atoms with Gasteiger partial charge >= 0.3 is 0 Å². The van der Waals surface area contributed by atoms with E-state index in [1.807, 2.05) is 12.1 Å². The Morgan fingerprint density at radius 1 is 1.50 bits per heavy atom. The number of thiocarbonyl (C=S) groups is 1. The van der Waals surface area contributed by atoms with E-state index in [-0.39, 0.29) is 0 Å². The lowest BCUT2D eigenvalue weighted by atomic mass is 10.2. The SMILES string of the molecule is CC1CN(C)CCCN1c1ccnc(C(N)=S)c1. The normalized spacial score (nSPS) is 21.7. The monoisotopic (exact) mass is 264 g/mol. The summed E-state index contributed by atoms with van der Waals surface area (Å²) in [5, 5.41) is 0. The summed E-state index contributed by atoms with van der Waals surface area (Å²) in [6.07, 6.45) is 2.96. The van der Waals surface area contributed by atoms with Crippen molar-refractivity contribution in [2.24, 2.45) is 5.73 Å². The third-order valence-corrected chi connectivity index (χ3v) is 3.58. The van der Waals surface area contributed by atoms with Gasteiger partial charge in [-0.3, -0.25) is 4.98 Å². The molecular weight excluding hydrogens is 244 g/mol. The molecule has 5 heteroatoms. The number of likely N-dealkylation sites (N-methyl/N-ethyl adjacent to an activating group) is 1. The van der Waals surface area contributed by atoms with E-state index in [1.165, 1.54) is 6.42 Å². The molecule has 1 fully saturated rings. The van der Waals surface area contributed by atoms with Gasteiger partial charge in [0, 0.05) is 31.0 Å². The second-order valence-electron chi connectivity index (χ2n) is 4.92. The number of nitrogens with two attached hydrogens (primary N) is 1. The molecule has 2 heterocycles. The van der Waals surface area contributed by atoms with Crippen LogP contribution in [0.3, 0.4) is 0 Å². The highest BCUT2D eigenvalue weighted by Crippen LogP contribution is 2.20. The standard InChI is InChI=1S/C13H20N4S/c1-10-9-16(2)6-3-7-17(10)11-4-5-15-12(8-11)13(14)18/h4-5,8,10H,3,6-7,9H2,1-2H3,(H2,14,18). The minimum atomic E-state index is 0.358. The summed E-state index contributed by atoms with van der Waals surface area (Å²) in [5.41, 5.74) is 7.51. The number of hydrogen-bond acceptors (Lipinski definition) is 4. The van der Waals surface area contributed by atoms with Crippen LogP contribution in [0, 0.1) is 0 Å². The number of pyridine rings is 1. The van der Waals surface area contributed by atoms with Gasteiger partial charge in [0.2, 0.25) is 0 Å². The molecule has 0 amide bonds. The molecule has 18 heavy (non-hydrogen) atoms. The molecule has 1 saturated heterocycles. The third kappa shape index (κ3) is 2.97. The molecule has 0 aliphatic carbocycles. The maximum absolute atomic E-state index is 5.64. The minimum absolute atomic E-state index is 0.358. The molecule has 1 unspecified atom stereocenters. The lowest BCUT2D eigenvalue weighted by molar-refractivity contribution is 0.337. The first kappa shape index (κ1) is 13.2. The van der Waals surface area contributed by atoms with Crippen LogP contribution in [0.25, 0.3) is 0 Å². The van der Waals surface area contributed by atoms with Crippen LogP contribution in [0.15, 0.2) is 18.3 Å². The van der Waals surface area contributed by atoms with E-state index in [2.05, 4.69) is 28.8 Å². The summed E-state index contributed by atoms with van der Waals surface area (Å²) >= 11 is 4.99. The Hall–Kier alpha value is -1.20. The first-order valence-electron chi connectivity index (χ1n) is 6.29. The van der Waals surface area contributed by atoms with E-state index in [4.69, 9.17) is 18.0 Å². The molecule has 0 saturated carbocycles. The van der Waals surface area contributed by atoms with Gasteiger partial charge in [-0.05, 0) is 39.1 Å². The van der Waals surface area contributed by atoms with Gasteiger partial charge in [0.15, 0.2) is 0 Å². The second kappa shape index (κ2) is 5.63. The molecule has 4 nitrogen and oxygen atoms in total. The summed E-state index contributed by atoms with van der Waals surface area (Å²) < 4.78 is 0. The predicted molar refractivity (Wildman–Crippen MR) is 79.0 cm³/mol. The summed E-state index contributed by atoms with van der Waals surface area (Å²) in [6, 6.07) is 4.51. The fraction of sp³-hybridized carbons (Fsp3) is 0.538. The number of anilines is 1. The molecule has 0 bridgehead atoms. The van der Waals surface area contributed by atoms with Gasteiger partial charge in [0.1, 0.15) is 4.99 Å². The molecule has 1 aliphatic heterocycles. The van der Waals surface area contributed by atoms with Crippen molar-refractivity contribution in [2.75, 3.05) is 31.6 Å². The summed E-state index contributed by atoms with van der Waals surface area (Å²) in [6.45, 7) is 5.54. The number of rotatable bonds is 2. The summed E-state index contributed by atoms with van der Waals surface area (Å²) in [7, 11) is 2.17. The Morgan fingerprint density at radius 2 is 2.28 bits per heavy atom. The first-order valence-corrected chi connectivity index (χ1v) is 6.70. The Morgan fingerprint density at radius 3 is 3.00 bits per heavy atom. The average molecular weight is 264 g/mol. The Bertz CT molecular complexity index is 435. The average Bonchev–Trinajstić information content (AvgIpc) is 2.50. The second-order valence-corrected chi connectivity index (χ2v) is 5.36. The van der Waals surface area contributed by atoms with Crippen molar-refractivity contribution in [2.45, 2.75) is 19.4 Å². The van der Waals surface area contributed by atoms with Crippen LogP contribution in [-0.2, 0) is 0 Å². The molecular formula is C13H20N4S. The highest BCUT2D eigenvalue weighted by Gasteiger charge is 2.20. The van der Waals surface area contributed by atoms with Crippen molar-refractivity contribution in [3.63, 3.8) is 0 Å². The molecule has 1 aliphatic rings. The van der Waals surface area contributed by atoms with Gasteiger partial charge in [-0.15, -0.1) is 0 Å². The van der Waals surface area contributed by atoms with Crippen molar-refractivity contribution in [3.8, 4) is 0 Å². The van der Waals surface area contributed by atoms with Gasteiger partial charge in [-0.1, -0.05) is 12.2 Å². The molecule has 0 radical (unpaired) electrons. The first-order chi connectivity index (χ1) is 8.58. The topological polar surface area (TPSA) is 45.4 Å². The maximum Gasteiger partial charge on any atom is 0.122 e. The minimum Gasteiger partial charge on any atom is -0.388 e. The zero-order valence-corrected chi connectivity index (χ0v) is 11.8. The van der Waals surface area contributed by atoms with Crippen molar-refractivity contribution >= 4 is 22.9 Å². The molecule has 0 spiro atoms. The maximum atomic E-state index is 5.64. The lowest BCUT2D eigenvalue weighted by Crippen LogP contribution is -2.38. The zero-order chi connectivity index (χ0) is 13.1. The van der Waals surface area contributed by atoms with Gasteiger partial charge in [-0.2, -0.15) is 0 Å². The Kier molecular flexibility index (Phi) is 4.14. The molecule has 1 atom stereocenters. The molecule has 2 N–H and O–H groups in total. The van der Waals surface area contributed by atoms with Crippen LogP contribution in [0.5, 0.6) is 0 Å². The fourth-order valence-corrected chi connectivity index (χ4v) is 2.60. The van der Waals surface area contributed by atoms with E-state index >= 15 is 0 Å². The number of hydrogen-bond donors (Lipinski definition) is 1. The quantitative estimate of drug-likeness (QED) is 0.815. The van der Waals surface area contributed by atoms with E-state index in [1.54, 1.807) is 6.20 Å². The van der Waals surface area contributed by atoms with Crippen molar-refractivity contribution in [3.05, 3.63) is 24.0 Å². The van der Waals surface area contributed by atoms with E-state index in [9.17, 15) is 0 Å². The Labute approximate surface area is 114 Å². The molecule has 1 aromatic heterocycles. The van der Waals surface area contributed by atoms with Crippen molar-refractivity contribution < 1.29 is 0 Å². The van der Waals surface area contributed by atoms with Crippen LogP contribution >= 0.6 is 12.2 Å². The van der Waals surface area contributed by atoms with Crippen LogP contribution < -0.4 is 10.6 Å². The van der Waals surface area contributed by atoms with Crippen molar-refractivity contribution in [1.29, 1.82) is 0 Å². The summed E-state index contributed by atoms with van der Waals surface area (Å²) in [5.74, 6) is 0. The predicted octanol–water partition coefficient (Wildman–Crippen LogP) is 1.25. The smallest absolute Gasteiger partial charge is 0.122 e. The largest absolute Gasteiger partial charge is 0.388 e. The van der Waals surface area contributed by atoms with E-state index in [0.717, 1.165) is 25.3 Å². The summed E-state index contributed by atoms with van der Waals surface area (Å²) in [4.78, 5) is 9.34. The third-order valence-electron chi connectivity index (χ3n) is 3.37. The molecule has 0 aromatic carbocycles. The van der Waals surface area contributed by atoms with Crippen LogP contribution in [0.2, 0.25) is 0 Å². The van der Waals surface area contributed by atoms with Crippen LogP contribution in [0.1, 0.15) is 19.0 Å². The molecule has 2 rings (SSSR count). The van der Waals surface area contributed by atoms with Gasteiger partial charge in [0.05, 0.1) is 5.69 Å². The highest BCUT2D eigenvalue weighted by molar-refractivity contribution is 7.80. The van der Waals surface area contributed by atoms with E-state index in [0.29, 0.717) is 16.7 Å². The van der Waals surface area contributed by atoms with Gasteiger partial charge in [0.25, 0.3) is 0 Å². The van der Waals surface area contributed by atoms with Gasteiger partial charge in [-0.25, -0.2) is 0 Å².